The fourth-order valence-electron chi connectivity index (χ4n) is 3.91. The normalized spacial score (nSPS) is 14.4. The van der Waals surface area contributed by atoms with Gasteiger partial charge in [-0.05, 0) is 49.5 Å². The highest BCUT2D eigenvalue weighted by Crippen LogP contribution is 2.25. The van der Waals surface area contributed by atoms with Gasteiger partial charge in [0.2, 0.25) is 0 Å². The number of nitrogens with zero attached hydrogens (tertiary/aromatic N) is 4. The molecule has 0 saturated carbocycles. The number of unbranched alkanes of at least 4 members (excludes halogenated alkanes) is 1. The third kappa shape index (κ3) is 4.46. The van der Waals surface area contributed by atoms with Crippen molar-refractivity contribution in [3.05, 3.63) is 47.2 Å². The summed E-state index contributed by atoms with van der Waals surface area (Å²) < 4.78 is 7.53. The average molecular weight is 408 g/mol. The van der Waals surface area contributed by atoms with Crippen LogP contribution in [0.5, 0.6) is 6.01 Å². The number of hydrogen-bond acceptors (Lipinski definition) is 6. The van der Waals surface area contributed by atoms with Crippen LogP contribution < -0.4 is 10.5 Å². The summed E-state index contributed by atoms with van der Waals surface area (Å²) in [5, 5.41) is 0.672. The number of nitrogen functional groups attached to an aromatic ring is 1. The molecule has 7 nitrogen and oxygen atoms in total. The Morgan fingerprint density at radius 1 is 1.10 bits per heavy atom. The number of rotatable bonds is 9. The summed E-state index contributed by atoms with van der Waals surface area (Å²) in [6.45, 7) is 6.54. The Bertz CT molecular complexity index is 1010. The first-order valence-corrected chi connectivity index (χ1v) is 10.7. The molecular formula is C23H29N5O2. The van der Waals surface area contributed by atoms with Crippen LogP contribution in [0.2, 0.25) is 0 Å². The quantitative estimate of drug-likeness (QED) is 0.430. The maximum absolute atomic E-state index is 11.7. The summed E-state index contributed by atoms with van der Waals surface area (Å²) in [6, 6.07) is 10.6. The van der Waals surface area contributed by atoms with Gasteiger partial charge in [-0.25, -0.2) is 0 Å². The zero-order chi connectivity index (χ0) is 20.9. The monoisotopic (exact) mass is 407 g/mol. The number of ether oxygens (including phenoxy) is 1. The van der Waals surface area contributed by atoms with Gasteiger partial charge in [0.05, 0.1) is 17.7 Å². The van der Waals surface area contributed by atoms with Crippen LogP contribution in [0.1, 0.15) is 54.2 Å². The SMILES string of the molecule is CCCCOc1nc(N)c2cc(C=O)n(Cc3ccc(CN4CCCC4)cc3)c2n1. The van der Waals surface area contributed by atoms with E-state index >= 15 is 0 Å². The molecule has 1 aliphatic heterocycles. The first-order chi connectivity index (χ1) is 14.7. The highest BCUT2D eigenvalue weighted by Gasteiger charge is 2.16. The van der Waals surface area contributed by atoms with Crippen LogP contribution >= 0.6 is 0 Å². The van der Waals surface area contributed by atoms with Gasteiger partial charge in [-0.1, -0.05) is 37.6 Å². The second kappa shape index (κ2) is 9.26. The third-order valence-corrected chi connectivity index (χ3v) is 5.61. The molecule has 0 amide bonds. The lowest BCUT2D eigenvalue weighted by Crippen LogP contribution is -2.18. The molecule has 0 spiro atoms. The summed E-state index contributed by atoms with van der Waals surface area (Å²) in [6.07, 6.45) is 5.37. The van der Waals surface area contributed by atoms with Gasteiger partial charge >= 0.3 is 6.01 Å². The Balaban J connectivity index is 1.58. The molecule has 3 aromatic rings. The molecular weight excluding hydrogens is 378 g/mol. The first kappa shape index (κ1) is 20.3. The lowest BCUT2D eigenvalue weighted by Gasteiger charge is -2.15. The highest BCUT2D eigenvalue weighted by molar-refractivity contribution is 5.93. The molecule has 1 aromatic carbocycles. The van der Waals surface area contributed by atoms with Crippen molar-refractivity contribution in [2.75, 3.05) is 25.4 Å². The van der Waals surface area contributed by atoms with Gasteiger partial charge in [0, 0.05) is 13.1 Å². The van der Waals surface area contributed by atoms with Crippen molar-refractivity contribution < 1.29 is 9.53 Å². The molecule has 1 aliphatic rings. The molecule has 0 atom stereocenters. The standard InChI is InChI=1S/C23H29N5O2/c1-2-3-12-30-23-25-21(24)20-13-19(16-29)28(22(20)26-23)15-18-8-6-17(7-9-18)14-27-10-4-5-11-27/h6-9,13,16H,2-5,10-12,14-15H2,1H3,(H2,24,25,26). The fourth-order valence-corrected chi connectivity index (χ4v) is 3.91. The topological polar surface area (TPSA) is 86.3 Å². The Morgan fingerprint density at radius 2 is 1.80 bits per heavy atom. The van der Waals surface area contributed by atoms with Crippen molar-refractivity contribution in [2.45, 2.75) is 45.7 Å². The summed E-state index contributed by atoms with van der Waals surface area (Å²) in [5.74, 6) is 0.328. The molecule has 4 rings (SSSR count). The van der Waals surface area contributed by atoms with Crippen LogP contribution in [0, 0.1) is 0 Å². The van der Waals surface area contributed by atoms with E-state index in [1.807, 2.05) is 4.57 Å². The van der Waals surface area contributed by atoms with Crippen molar-refractivity contribution in [3.63, 3.8) is 0 Å². The molecule has 2 N–H and O–H groups in total. The molecule has 0 radical (unpaired) electrons. The fraction of sp³-hybridized carbons (Fsp3) is 0.435. The highest BCUT2D eigenvalue weighted by atomic mass is 16.5. The van der Waals surface area contributed by atoms with E-state index in [-0.39, 0.29) is 6.01 Å². The summed E-state index contributed by atoms with van der Waals surface area (Å²) in [4.78, 5) is 23.0. The number of carbonyl (C=O) groups excluding carboxylic acids is 1. The van der Waals surface area contributed by atoms with Crippen LogP contribution in [-0.4, -0.2) is 45.4 Å². The largest absolute Gasteiger partial charge is 0.463 e. The number of carbonyl (C=O) groups is 1. The number of aldehydes is 1. The predicted octanol–water partition coefficient (Wildman–Crippen LogP) is 3.65. The lowest BCUT2D eigenvalue weighted by atomic mass is 10.1. The zero-order valence-electron chi connectivity index (χ0n) is 17.5. The smallest absolute Gasteiger partial charge is 0.320 e. The van der Waals surface area contributed by atoms with E-state index in [9.17, 15) is 4.79 Å². The Kier molecular flexibility index (Phi) is 6.28. The number of nitrogens with two attached hydrogens (primary N) is 1. The number of benzene rings is 1. The second-order valence-electron chi connectivity index (χ2n) is 7.90. The summed E-state index contributed by atoms with van der Waals surface area (Å²) in [7, 11) is 0. The van der Waals surface area contributed by atoms with Crippen molar-refractivity contribution in [1.82, 2.24) is 19.4 Å². The Labute approximate surface area is 176 Å². The van der Waals surface area contributed by atoms with Gasteiger partial charge < -0.3 is 15.0 Å². The van der Waals surface area contributed by atoms with Crippen LogP contribution in [0.25, 0.3) is 11.0 Å². The van der Waals surface area contributed by atoms with E-state index in [4.69, 9.17) is 10.5 Å². The first-order valence-electron chi connectivity index (χ1n) is 10.7. The maximum Gasteiger partial charge on any atom is 0.320 e. The molecule has 1 fully saturated rings. The number of aromatic nitrogens is 3. The lowest BCUT2D eigenvalue weighted by molar-refractivity contribution is 0.111. The zero-order valence-corrected chi connectivity index (χ0v) is 17.5. The molecule has 3 heterocycles. The number of anilines is 1. The van der Waals surface area contributed by atoms with Crippen molar-refractivity contribution in [2.24, 2.45) is 0 Å². The molecule has 158 valence electrons. The summed E-state index contributed by atoms with van der Waals surface area (Å²) >= 11 is 0. The van der Waals surface area contributed by atoms with Crippen LogP contribution in [0.4, 0.5) is 5.82 Å². The van der Waals surface area contributed by atoms with Crippen molar-refractivity contribution >= 4 is 23.1 Å². The molecule has 2 aromatic heterocycles. The van der Waals surface area contributed by atoms with Gasteiger partial charge in [-0.3, -0.25) is 9.69 Å². The molecule has 0 bridgehead atoms. The van der Waals surface area contributed by atoms with Gasteiger partial charge in [0.25, 0.3) is 0 Å². The molecule has 0 aliphatic carbocycles. The van der Waals surface area contributed by atoms with Crippen LogP contribution in [-0.2, 0) is 13.1 Å². The van der Waals surface area contributed by atoms with Crippen molar-refractivity contribution in [1.29, 1.82) is 0 Å². The van der Waals surface area contributed by atoms with Gasteiger partial charge in [0.1, 0.15) is 11.5 Å². The number of hydrogen-bond donors (Lipinski definition) is 1. The predicted molar refractivity (Wildman–Crippen MR) is 118 cm³/mol. The maximum atomic E-state index is 11.7. The average Bonchev–Trinajstić information content (AvgIpc) is 3.38. The van der Waals surface area contributed by atoms with Crippen LogP contribution in [0.3, 0.4) is 0 Å². The Morgan fingerprint density at radius 3 is 2.47 bits per heavy atom. The molecule has 0 unspecified atom stereocenters. The number of fused-ring (bicyclic) bond motifs is 1. The van der Waals surface area contributed by atoms with E-state index in [1.54, 1.807) is 6.07 Å². The third-order valence-electron chi connectivity index (χ3n) is 5.61. The molecule has 30 heavy (non-hydrogen) atoms. The molecule has 7 heteroatoms. The van der Waals surface area contributed by atoms with E-state index in [0.717, 1.165) is 31.2 Å². The minimum atomic E-state index is 0.256. The van der Waals surface area contributed by atoms with E-state index in [1.165, 1.54) is 31.5 Å². The van der Waals surface area contributed by atoms with E-state index in [0.29, 0.717) is 35.7 Å². The van der Waals surface area contributed by atoms with Gasteiger partial charge in [-0.15, -0.1) is 0 Å². The van der Waals surface area contributed by atoms with E-state index < -0.39 is 0 Å². The van der Waals surface area contributed by atoms with Gasteiger partial charge in [0.15, 0.2) is 6.29 Å². The Hall–Kier alpha value is -2.93. The molecule has 1 saturated heterocycles. The minimum absolute atomic E-state index is 0.256. The summed E-state index contributed by atoms with van der Waals surface area (Å²) in [5.41, 5.74) is 9.69. The van der Waals surface area contributed by atoms with Crippen LogP contribution in [0.15, 0.2) is 30.3 Å². The van der Waals surface area contributed by atoms with E-state index in [2.05, 4.69) is 46.1 Å². The minimum Gasteiger partial charge on any atom is -0.463 e. The van der Waals surface area contributed by atoms with Crippen molar-refractivity contribution in [3.8, 4) is 6.01 Å². The second-order valence-corrected chi connectivity index (χ2v) is 7.90. The number of likely N-dealkylation sites (tertiary alicyclic amines) is 1. The van der Waals surface area contributed by atoms with Gasteiger partial charge in [-0.2, -0.15) is 9.97 Å².